The van der Waals surface area contributed by atoms with Crippen LogP contribution in [0.5, 0.6) is 11.5 Å². The van der Waals surface area contributed by atoms with Crippen LogP contribution >= 0.6 is 23.2 Å². The first-order valence-electron chi connectivity index (χ1n) is 10.2. The molecule has 0 spiro atoms. The lowest BCUT2D eigenvalue weighted by Crippen LogP contribution is -2.34. The summed E-state index contributed by atoms with van der Waals surface area (Å²) >= 11 is 11.9. The predicted molar refractivity (Wildman–Crippen MR) is 121 cm³/mol. The highest BCUT2D eigenvalue weighted by atomic mass is 35.5. The topological polar surface area (TPSA) is 104 Å². The number of rotatable bonds is 7. The number of nitrogens with one attached hydrogen (secondary N) is 1. The van der Waals surface area contributed by atoms with Gasteiger partial charge in [-0.05, 0) is 43.2 Å². The Kier molecular flexibility index (Phi) is 7.17. The van der Waals surface area contributed by atoms with E-state index < -0.39 is 24.1 Å². The highest BCUT2D eigenvalue weighted by Gasteiger charge is 2.19. The summed E-state index contributed by atoms with van der Waals surface area (Å²) in [5.74, 6) is -0.839. The second kappa shape index (κ2) is 10.2. The molecule has 1 amide bonds. The molecule has 0 saturated carbocycles. The standard InChI is InChI=1S/C23H19Cl2NO7/c24-14-4-6-18(25)20(9-14)31-12-21(27)32-15-5-3-13-8-17(23(29)33-19(13)10-15)22(28)26-11-16-2-1-7-30-16/h3-6,8-10,16H,1-2,7,11-12H2,(H,26,28). The monoisotopic (exact) mass is 491 g/mol. The average molecular weight is 492 g/mol. The molecule has 1 atom stereocenters. The molecule has 1 unspecified atom stereocenters. The molecule has 1 fully saturated rings. The van der Waals surface area contributed by atoms with Gasteiger partial charge in [0, 0.05) is 35.7 Å². The van der Waals surface area contributed by atoms with Crippen molar-refractivity contribution >= 4 is 46.0 Å². The Morgan fingerprint density at radius 3 is 2.76 bits per heavy atom. The van der Waals surface area contributed by atoms with E-state index in [2.05, 4.69) is 5.32 Å². The smallest absolute Gasteiger partial charge is 0.349 e. The molecule has 0 radical (unpaired) electrons. The van der Waals surface area contributed by atoms with E-state index in [1.54, 1.807) is 18.2 Å². The van der Waals surface area contributed by atoms with Crippen molar-refractivity contribution in [3.05, 3.63) is 68.5 Å². The van der Waals surface area contributed by atoms with Gasteiger partial charge in [-0.15, -0.1) is 0 Å². The molecule has 0 aliphatic carbocycles. The number of ether oxygens (including phenoxy) is 3. The molecular formula is C23H19Cl2NO7. The molecule has 1 N–H and O–H groups in total. The number of carbonyl (C=O) groups excluding carboxylic acids is 2. The van der Waals surface area contributed by atoms with Gasteiger partial charge >= 0.3 is 11.6 Å². The second-order valence-electron chi connectivity index (χ2n) is 7.33. The summed E-state index contributed by atoms with van der Waals surface area (Å²) in [5.41, 5.74) is -0.744. The van der Waals surface area contributed by atoms with Gasteiger partial charge in [0.05, 0.1) is 11.1 Å². The van der Waals surface area contributed by atoms with Crippen LogP contribution in [0.4, 0.5) is 0 Å². The molecule has 0 bridgehead atoms. The fourth-order valence-electron chi connectivity index (χ4n) is 3.31. The van der Waals surface area contributed by atoms with Crippen LogP contribution in [-0.4, -0.2) is 37.7 Å². The highest BCUT2D eigenvalue weighted by Crippen LogP contribution is 2.28. The van der Waals surface area contributed by atoms with E-state index in [1.807, 2.05) is 0 Å². The van der Waals surface area contributed by atoms with Gasteiger partial charge < -0.3 is 23.9 Å². The predicted octanol–water partition coefficient (Wildman–Crippen LogP) is 3.99. The van der Waals surface area contributed by atoms with Crippen LogP contribution in [0.25, 0.3) is 11.0 Å². The third-order valence-electron chi connectivity index (χ3n) is 4.94. The number of esters is 1. The van der Waals surface area contributed by atoms with Crippen LogP contribution in [0.3, 0.4) is 0 Å². The summed E-state index contributed by atoms with van der Waals surface area (Å²) in [6, 6.07) is 10.5. The van der Waals surface area contributed by atoms with E-state index in [0.29, 0.717) is 28.6 Å². The average Bonchev–Trinajstić information content (AvgIpc) is 3.31. The number of carbonyl (C=O) groups is 2. The lowest BCUT2D eigenvalue weighted by atomic mass is 10.1. The summed E-state index contributed by atoms with van der Waals surface area (Å²) < 4.78 is 21.3. The van der Waals surface area contributed by atoms with Crippen molar-refractivity contribution in [3.63, 3.8) is 0 Å². The third-order valence-corrected chi connectivity index (χ3v) is 5.48. The quantitative estimate of drug-likeness (QED) is 0.302. The van der Waals surface area contributed by atoms with E-state index >= 15 is 0 Å². The summed E-state index contributed by atoms with van der Waals surface area (Å²) in [6.45, 7) is 0.589. The molecular weight excluding hydrogens is 473 g/mol. The van der Waals surface area contributed by atoms with E-state index in [1.165, 1.54) is 24.3 Å². The van der Waals surface area contributed by atoms with Gasteiger partial charge in [0.25, 0.3) is 5.91 Å². The fraction of sp³-hybridized carbons (Fsp3) is 0.261. The van der Waals surface area contributed by atoms with Crippen molar-refractivity contribution in [2.45, 2.75) is 18.9 Å². The largest absolute Gasteiger partial charge is 0.480 e. The molecule has 10 heteroatoms. The molecule has 33 heavy (non-hydrogen) atoms. The molecule has 3 aromatic rings. The summed E-state index contributed by atoms with van der Waals surface area (Å²) in [7, 11) is 0. The summed E-state index contributed by atoms with van der Waals surface area (Å²) in [6.07, 6.45) is 1.77. The van der Waals surface area contributed by atoms with Crippen LogP contribution in [0.15, 0.2) is 51.7 Å². The number of halogens is 2. The number of fused-ring (bicyclic) bond motifs is 1. The highest BCUT2D eigenvalue weighted by molar-refractivity contribution is 6.34. The Bertz CT molecular complexity index is 1250. The zero-order valence-electron chi connectivity index (χ0n) is 17.3. The fourth-order valence-corrected chi connectivity index (χ4v) is 3.64. The Labute approximate surface area is 198 Å². The van der Waals surface area contributed by atoms with Crippen LogP contribution in [-0.2, 0) is 9.53 Å². The van der Waals surface area contributed by atoms with E-state index in [-0.39, 0.29) is 28.7 Å². The number of benzene rings is 2. The molecule has 2 heterocycles. The molecule has 172 valence electrons. The molecule has 1 aliphatic rings. The molecule has 1 aromatic heterocycles. The van der Waals surface area contributed by atoms with Crippen LogP contribution < -0.4 is 20.4 Å². The van der Waals surface area contributed by atoms with E-state index in [4.69, 9.17) is 41.8 Å². The lowest BCUT2D eigenvalue weighted by Gasteiger charge is -2.11. The van der Waals surface area contributed by atoms with Gasteiger partial charge in [-0.3, -0.25) is 4.79 Å². The van der Waals surface area contributed by atoms with Crippen molar-refractivity contribution in [1.82, 2.24) is 5.32 Å². The molecule has 1 saturated heterocycles. The summed E-state index contributed by atoms with van der Waals surface area (Å²) in [5, 5.41) is 3.90. The first-order valence-corrected chi connectivity index (χ1v) is 10.9. The maximum atomic E-state index is 12.4. The maximum absolute atomic E-state index is 12.4. The van der Waals surface area contributed by atoms with Gasteiger partial charge in [-0.2, -0.15) is 0 Å². The van der Waals surface area contributed by atoms with Crippen LogP contribution in [0, 0.1) is 0 Å². The van der Waals surface area contributed by atoms with E-state index in [0.717, 1.165) is 12.8 Å². The van der Waals surface area contributed by atoms with Crippen LogP contribution in [0.1, 0.15) is 23.2 Å². The van der Waals surface area contributed by atoms with Gasteiger partial charge in [-0.1, -0.05) is 23.2 Å². The zero-order valence-corrected chi connectivity index (χ0v) is 18.8. The van der Waals surface area contributed by atoms with Crippen LogP contribution in [0.2, 0.25) is 10.0 Å². The van der Waals surface area contributed by atoms with Crippen molar-refractivity contribution in [2.24, 2.45) is 0 Å². The molecule has 1 aliphatic heterocycles. The first kappa shape index (κ1) is 23.1. The van der Waals surface area contributed by atoms with Crippen molar-refractivity contribution in [2.75, 3.05) is 19.8 Å². The van der Waals surface area contributed by atoms with Crippen molar-refractivity contribution in [3.8, 4) is 11.5 Å². The minimum Gasteiger partial charge on any atom is -0.480 e. The second-order valence-corrected chi connectivity index (χ2v) is 8.17. The van der Waals surface area contributed by atoms with Gasteiger partial charge in [0.15, 0.2) is 6.61 Å². The number of hydrogen-bond donors (Lipinski definition) is 1. The third kappa shape index (κ3) is 5.84. The Morgan fingerprint density at radius 2 is 1.97 bits per heavy atom. The normalized spacial score (nSPS) is 15.4. The van der Waals surface area contributed by atoms with Gasteiger partial charge in [0.2, 0.25) is 0 Å². The minimum atomic E-state index is -0.797. The van der Waals surface area contributed by atoms with Crippen molar-refractivity contribution < 1.29 is 28.2 Å². The minimum absolute atomic E-state index is 0.0439. The molecule has 2 aromatic carbocycles. The maximum Gasteiger partial charge on any atom is 0.349 e. The SMILES string of the molecule is O=C(COc1cc(Cl)ccc1Cl)Oc1ccc2cc(C(=O)NCC3CCCO3)c(=O)oc2c1. The Morgan fingerprint density at radius 1 is 1.12 bits per heavy atom. The first-order chi connectivity index (χ1) is 15.9. The zero-order chi connectivity index (χ0) is 23.4. The molecule has 8 nitrogen and oxygen atoms in total. The number of amides is 1. The summed E-state index contributed by atoms with van der Waals surface area (Å²) in [4.78, 5) is 36.8. The number of hydrogen-bond acceptors (Lipinski definition) is 7. The van der Waals surface area contributed by atoms with E-state index in [9.17, 15) is 14.4 Å². The lowest BCUT2D eigenvalue weighted by molar-refractivity contribution is -0.136. The Balaban J connectivity index is 1.40. The van der Waals surface area contributed by atoms with Gasteiger partial charge in [0.1, 0.15) is 22.6 Å². The Hall–Kier alpha value is -3.07. The van der Waals surface area contributed by atoms with Gasteiger partial charge in [-0.25, -0.2) is 9.59 Å². The van der Waals surface area contributed by atoms with Crippen molar-refractivity contribution in [1.29, 1.82) is 0 Å². The molecule has 4 rings (SSSR count).